The zero-order valence-electron chi connectivity index (χ0n) is 10.5. The molecule has 1 saturated carbocycles. The first-order valence-corrected chi connectivity index (χ1v) is 6.35. The minimum Gasteiger partial charge on any atom is -0.382 e. The van der Waals surface area contributed by atoms with E-state index in [2.05, 4.69) is 13.8 Å². The number of rotatable bonds is 8. The molecule has 0 heterocycles. The highest BCUT2D eigenvalue weighted by molar-refractivity contribution is 6.21. The van der Waals surface area contributed by atoms with Crippen LogP contribution in [0.5, 0.6) is 0 Å². The second-order valence-electron chi connectivity index (χ2n) is 4.84. The Labute approximate surface area is 103 Å². The number of ether oxygens (including phenoxy) is 3. The quantitative estimate of drug-likeness (QED) is 0.489. The molecule has 0 aromatic rings. The summed E-state index contributed by atoms with van der Waals surface area (Å²) < 4.78 is 16.0. The number of hydrogen-bond acceptors (Lipinski definition) is 3. The lowest BCUT2D eigenvalue weighted by molar-refractivity contribution is -0.0926. The van der Waals surface area contributed by atoms with Crippen LogP contribution in [0.15, 0.2) is 0 Å². The summed E-state index contributed by atoms with van der Waals surface area (Å²) in [6, 6.07) is 0. The van der Waals surface area contributed by atoms with E-state index in [4.69, 9.17) is 25.8 Å². The third kappa shape index (κ3) is 3.88. The molecule has 0 aromatic heterocycles. The molecule has 96 valence electrons. The van der Waals surface area contributed by atoms with E-state index in [-0.39, 0.29) is 10.8 Å². The highest BCUT2D eigenvalue weighted by Crippen LogP contribution is 2.46. The molecule has 1 rings (SSSR count). The third-order valence-corrected chi connectivity index (χ3v) is 3.98. The highest BCUT2D eigenvalue weighted by Gasteiger charge is 2.47. The fraction of sp³-hybridized carbons (Fsp3) is 1.00. The zero-order chi connectivity index (χ0) is 12.0. The van der Waals surface area contributed by atoms with Gasteiger partial charge in [-0.3, -0.25) is 0 Å². The first-order valence-electron chi connectivity index (χ1n) is 5.91. The van der Waals surface area contributed by atoms with Crippen LogP contribution in [0, 0.1) is 5.41 Å². The maximum absolute atomic E-state index is 6.11. The number of methoxy groups -OCH3 is 1. The Bertz CT molecular complexity index is 197. The van der Waals surface area contributed by atoms with Gasteiger partial charge >= 0.3 is 0 Å². The van der Waals surface area contributed by atoms with Crippen molar-refractivity contribution in [1.29, 1.82) is 0 Å². The van der Waals surface area contributed by atoms with Gasteiger partial charge in [0.1, 0.15) is 0 Å². The van der Waals surface area contributed by atoms with Gasteiger partial charge in [0.05, 0.1) is 19.3 Å². The molecule has 0 aliphatic heterocycles. The molecule has 4 heteroatoms. The second-order valence-corrected chi connectivity index (χ2v) is 5.37. The van der Waals surface area contributed by atoms with Crippen molar-refractivity contribution in [3.63, 3.8) is 0 Å². The molecule has 0 bridgehead atoms. The fourth-order valence-corrected chi connectivity index (χ4v) is 2.05. The molecule has 0 aromatic carbocycles. The molecule has 2 unspecified atom stereocenters. The molecule has 1 fully saturated rings. The molecule has 0 radical (unpaired) electrons. The van der Waals surface area contributed by atoms with Crippen molar-refractivity contribution in [2.45, 2.75) is 38.2 Å². The van der Waals surface area contributed by atoms with E-state index >= 15 is 0 Å². The molecule has 16 heavy (non-hydrogen) atoms. The van der Waals surface area contributed by atoms with Crippen LogP contribution in [0.3, 0.4) is 0 Å². The molecule has 3 nitrogen and oxygen atoms in total. The van der Waals surface area contributed by atoms with Gasteiger partial charge in [-0.25, -0.2) is 0 Å². The van der Waals surface area contributed by atoms with E-state index in [9.17, 15) is 0 Å². The predicted octanol–water partition coefficient (Wildman–Crippen LogP) is 2.46. The summed E-state index contributed by atoms with van der Waals surface area (Å²) in [7, 11) is 1.67. The lowest BCUT2D eigenvalue weighted by Gasteiger charge is -2.48. The summed E-state index contributed by atoms with van der Waals surface area (Å²) in [6.45, 7) is 7.13. The fourth-order valence-electron chi connectivity index (χ4n) is 1.75. The van der Waals surface area contributed by atoms with Crippen molar-refractivity contribution >= 4 is 11.6 Å². The summed E-state index contributed by atoms with van der Waals surface area (Å²) >= 11 is 6.11. The number of halogens is 1. The predicted molar refractivity (Wildman–Crippen MR) is 65.1 cm³/mol. The summed E-state index contributed by atoms with van der Waals surface area (Å²) in [5.74, 6) is 0. The molecular formula is C12H23ClO3. The smallest absolute Gasteiger partial charge is 0.0700 e. The van der Waals surface area contributed by atoms with Gasteiger partial charge in [0.25, 0.3) is 0 Å². The average molecular weight is 251 g/mol. The average Bonchev–Trinajstić information content (AvgIpc) is 2.26. The normalized spacial score (nSPS) is 27.8. The Morgan fingerprint density at radius 2 is 1.94 bits per heavy atom. The van der Waals surface area contributed by atoms with Gasteiger partial charge in [-0.2, -0.15) is 0 Å². The van der Waals surface area contributed by atoms with Crippen LogP contribution < -0.4 is 0 Å². The molecule has 1 aliphatic carbocycles. The van der Waals surface area contributed by atoms with Crippen molar-refractivity contribution in [3.8, 4) is 0 Å². The maximum atomic E-state index is 6.11. The van der Waals surface area contributed by atoms with Gasteiger partial charge in [-0.15, -0.1) is 11.6 Å². The van der Waals surface area contributed by atoms with E-state index in [0.29, 0.717) is 19.3 Å². The first-order chi connectivity index (χ1) is 7.59. The van der Waals surface area contributed by atoms with Crippen molar-refractivity contribution in [2.75, 3.05) is 33.5 Å². The van der Waals surface area contributed by atoms with Crippen LogP contribution in [0.2, 0.25) is 0 Å². The van der Waals surface area contributed by atoms with Crippen LogP contribution >= 0.6 is 11.6 Å². The van der Waals surface area contributed by atoms with Crippen molar-refractivity contribution in [3.05, 3.63) is 0 Å². The zero-order valence-corrected chi connectivity index (χ0v) is 11.3. The molecule has 0 N–H and O–H groups in total. The minimum atomic E-state index is 0.123. The van der Waals surface area contributed by atoms with Crippen LogP contribution in [0.1, 0.15) is 26.7 Å². The summed E-state index contributed by atoms with van der Waals surface area (Å²) in [4.78, 5) is 0. The van der Waals surface area contributed by atoms with Crippen LogP contribution in [-0.2, 0) is 14.2 Å². The molecule has 2 atom stereocenters. The SMILES string of the molecule is COCCOCCCOC1CC(Cl)C1(C)C. The van der Waals surface area contributed by atoms with Crippen LogP contribution in [-0.4, -0.2) is 45.0 Å². The van der Waals surface area contributed by atoms with E-state index in [1.54, 1.807) is 7.11 Å². The summed E-state index contributed by atoms with van der Waals surface area (Å²) in [5.41, 5.74) is 0.123. The lowest BCUT2D eigenvalue weighted by atomic mass is 9.68. The Balaban J connectivity index is 1.93. The van der Waals surface area contributed by atoms with E-state index in [1.807, 2.05) is 0 Å². The monoisotopic (exact) mass is 250 g/mol. The van der Waals surface area contributed by atoms with Gasteiger partial charge < -0.3 is 14.2 Å². The van der Waals surface area contributed by atoms with Gasteiger partial charge in [0.15, 0.2) is 0 Å². The maximum Gasteiger partial charge on any atom is 0.0700 e. The topological polar surface area (TPSA) is 27.7 Å². The van der Waals surface area contributed by atoms with E-state index in [1.165, 1.54) is 0 Å². The third-order valence-electron chi connectivity index (χ3n) is 3.24. The van der Waals surface area contributed by atoms with Gasteiger partial charge in [0, 0.05) is 31.1 Å². The number of alkyl halides is 1. The molecular weight excluding hydrogens is 228 g/mol. The Morgan fingerprint density at radius 3 is 2.50 bits per heavy atom. The molecule has 0 spiro atoms. The Hall–Kier alpha value is 0.170. The van der Waals surface area contributed by atoms with Crippen molar-refractivity contribution < 1.29 is 14.2 Å². The summed E-state index contributed by atoms with van der Waals surface area (Å²) in [6.07, 6.45) is 2.22. The van der Waals surface area contributed by atoms with Crippen molar-refractivity contribution in [1.82, 2.24) is 0 Å². The van der Waals surface area contributed by atoms with Crippen LogP contribution in [0.4, 0.5) is 0 Å². The lowest BCUT2D eigenvalue weighted by Crippen LogP contribution is -2.51. The van der Waals surface area contributed by atoms with Crippen LogP contribution in [0.25, 0.3) is 0 Å². The largest absolute Gasteiger partial charge is 0.382 e. The molecule has 0 saturated heterocycles. The Kier molecular flexibility index (Phi) is 6.05. The standard InChI is InChI=1S/C12H23ClO3/c1-12(2)10(13)9-11(12)16-6-4-5-15-8-7-14-3/h10-11H,4-9H2,1-3H3. The number of hydrogen-bond donors (Lipinski definition) is 0. The Morgan fingerprint density at radius 1 is 1.19 bits per heavy atom. The molecule has 0 amide bonds. The van der Waals surface area contributed by atoms with Gasteiger partial charge in [-0.1, -0.05) is 13.8 Å². The van der Waals surface area contributed by atoms with Gasteiger partial charge in [-0.05, 0) is 12.8 Å². The minimum absolute atomic E-state index is 0.123. The first kappa shape index (κ1) is 14.2. The van der Waals surface area contributed by atoms with Gasteiger partial charge in [0.2, 0.25) is 0 Å². The van der Waals surface area contributed by atoms with Crippen molar-refractivity contribution in [2.24, 2.45) is 5.41 Å². The highest BCUT2D eigenvalue weighted by atomic mass is 35.5. The second kappa shape index (κ2) is 6.80. The summed E-state index contributed by atoms with van der Waals surface area (Å²) in [5, 5.41) is 0.260. The van der Waals surface area contributed by atoms with E-state index in [0.717, 1.165) is 26.1 Å². The van der Waals surface area contributed by atoms with E-state index < -0.39 is 0 Å². The molecule has 1 aliphatic rings.